The molecule has 7 heteroatoms. The molecule has 0 aromatic carbocycles. The molecule has 2 rings (SSSR count). The first kappa shape index (κ1) is 16.2. The van der Waals surface area contributed by atoms with Gasteiger partial charge in [0.15, 0.2) is 0 Å². The lowest BCUT2D eigenvalue weighted by Crippen LogP contribution is -2.29. The second-order valence-electron chi connectivity index (χ2n) is 5.55. The van der Waals surface area contributed by atoms with Crippen LogP contribution >= 0.6 is 0 Å². The lowest BCUT2D eigenvalue weighted by Gasteiger charge is -2.26. The van der Waals surface area contributed by atoms with Crippen LogP contribution in [-0.4, -0.2) is 33.1 Å². The molecule has 0 aliphatic heterocycles. The summed E-state index contributed by atoms with van der Waals surface area (Å²) in [5, 5.41) is 15.8. The number of anilines is 2. The molecular formula is C15H23N5O2. The normalized spacial score (nSPS) is 21.2. The van der Waals surface area contributed by atoms with Gasteiger partial charge < -0.3 is 21.5 Å². The molecule has 7 nitrogen and oxygen atoms in total. The van der Waals surface area contributed by atoms with E-state index in [-0.39, 0.29) is 17.7 Å². The second-order valence-corrected chi connectivity index (χ2v) is 5.55. The molecule has 1 aliphatic carbocycles. The molecule has 1 heterocycles. The molecule has 22 heavy (non-hydrogen) atoms. The van der Waals surface area contributed by atoms with Crippen LogP contribution in [0.4, 0.5) is 11.8 Å². The molecule has 0 bridgehead atoms. The number of primary amides is 1. The Bertz CT molecular complexity index is 553. The van der Waals surface area contributed by atoms with Crippen LogP contribution in [0.5, 0.6) is 0 Å². The molecular weight excluding hydrogens is 282 g/mol. The summed E-state index contributed by atoms with van der Waals surface area (Å²) in [6, 6.07) is 0.227. The number of nitrogens with two attached hydrogens (primary N) is 1. The van der Waals surface area contributed by atoms with Crippen molar-refractivity contribution in [1.29, 1.82) is 0 Å². The standard InChI is InChI=1S/C15H23N5O2/c1-3-9(2)18-14-12(13(16)22)8-17-15(20-14)19-10-4-6-11(21)7-5-10/h8,10-11,21H,2-7H2,1H3,(H2,16,22)(H2,17,18,19,20)/t10-,11-. The Balaban J connectivity index is 2.13. The van der Waals surface area contributed by atoms with Crippen LogP contribution < -0.4 is 16.4 Å². The van der Waals surface area contributed by atoms with Crippen molar-refractivity contribution >= 4 is 17.7 Å². The van der Waals surface area contributed by atoms with Crippen molar-refractivity contribution < 1.29 is 9.90 Å². The maximum Gasteiger partial charge on any atom is 0.254 e. The summed E-state index contributed by atoms with van der Waals surface area (Å²) >= 11 is 0. The third-order valence-electron chi connectivity index (χ3n) is 3.81. The van der Waals surface area contributed by atoms with Crippen molar-refractivity contribution in [1.82, 2.24) is 9.97 Å². The second kappa shape index (κ2) is 7.22. The zero-order valence-electron chi connectivity index (χ0n) is 12.8. The number of nitrogens with one attached hydrogen (secondary N) is 2. The van der Waals surface area contributed by atoms with E-state index in [1.165, 1.54) is 6.20 Å². The average molecular weight is 305 g/mol. The molecule has 1 aromatic heterocycles. The summed E-state index contributed by atoms with van der Waals surface area (Å²) in [6.45, 7) is 5.80. The number of carbonyl (C=O) groups excluding carboxylic acids is 1. The highest BCUT2D eigenvalue weighted by Crippen LogP contribution is 2.22. The lowest BCUT2D eigenvalue weighted by molar-refractivity contribution is 0.100. The lowest BCUT2D eigenvalue weighted by atomic mass is 9.93. The topological polar surface area (TPSA) is 113 Å². The molecule has 1 saturated carbocycles. The van der Waals surface area contributed by atoms with E-state index in [4.69, 9.17) is 5.73 Å². The predicted octanol–water partition coefficient (Wildman–Crippen LogP) is 1.63. The summed E-state index contributed by atoms with van der Waals surface area (Å²) < 4.78 is 0. The molecule has 1 fully saturated rings. The fourth-order valence-corrected chi connectivity index (χ4v) is 2.39. The van der Waals surface area contributed by atoms with Crippen molar-refractivity contribution in [3.05, 3.63) is 24.0 Å². The Morgan fingerprint density at radius 2 is 2.14 bits per heavy atom. The molecule has 5 N–H and O–H groups in total. The monoisotopic (exact) mass is 305 g/mol. The number of allylic oxidation sites excluding steroid dienone is 1. The largest absolute Gasteiger partial charge is 0.393 e. The number of hydrogen-bond donors (Lipinski definition) is 4. The fourth-order valence-electron chi connectivity index (χ4n) is 2.39. The van der Waals surface area contributed by atoms with E-state index < -0.39 is 5.91 Å². The quantitative estimate of drug-likeness (QED) is 0.635. The Kier molecular flexibility index (Phi) is 5.32. The van der Waals surface area contributed by atoms with Crippen molar-refractivity contribution in [2.24, 2.45) is 5.73 Å². The maximum atomic E-state index is 11.5. The third-order valence-corrected chi connectivity index (χ3v) is 3.81. The van der Waals surface area contributed by atoms with Gasteiger partial charge >= 0.3 is 0 Å². The van der Waals surface area contributed by atoms with Crippen LogP contribution in [0.25, 0.3) is 0 Å². The Morgan fingerprint density at radius 3 is 2.73 bits per heavy atom. The molecule has 0 saturated heterocycles. The summed E-state index contributed by atoms with van der Waals surface area (Å²) in [5.41, 5.74) is 6.32. The number of aliphatic hydroxyl groups excluding tert-OH is 1. The molecule has 0 unspecified atom stereocenters. The fraction of sp³-hybridized carbons (Fsp3) is 0.533. The van der Waals surface area contributed by atoms with E-state index in [0.29, 0.717) is 18.2 Å². The van der Waals surface area contributed by atoms with Crippen LogP contribution in [0.15, 0.2) is 18.5 Å². The molecule has 0 atom stereocenters. The molecule has 120 valence electrons. The van der Waals surface area contributed by atoms with Crippen molar-refractivity contribution in [3.8, 4) is 0 Å². The summed E-state index contributed by atoms with van der Waals surface area (Å²) in [4.78, 5) is 19.9. The van der Waals surface area contributed by atoms with E-state index in [1.54, 1.807) is 0 Å². The van der Waals surface area contributed by atoms with E-state index in [0.717, 1.165) is 31.4 Å². The first-order valence-corrected chi connectivity index (χ1v) is 7.55. The number of hydrogen-bond acceptors (Lipinski definition) is 6. The highest BCUT2D eigenvalue weighted by atomic mass is 16.3. The average Bonchev–Trinajstić information content (AvgIpc) is 2.49. The zero-order chi connectivity index (χ0) is 16.1. The predicted molar refractivity (Wildman–Crippen MR) is 85.5 cm³/mol. The van der Waals surface area contributed by atoms with Gasteiger partial charge in [0.2, 0.25) is 5.95 Å². The molecule has 0 radical (unpaired) electrons. The van der Waals surface area contributed by atoms with Crippen molar-refractivity contribution in [3.63, 3.8) is 0 Å². The summed E-state index contributed by atoms with van der Waals surface area (Å²) in [6.07, 6.45) is 5.20. The summed E-state index contributed by atoms with van der Waals surface area (Å²) in [7, 11) is 0. The number of rotatable bonds is 6. The van der Waals surface area contributed by atoms with E-state index >= 15 is 0 Å². The zero-order valence-corrected chi connectivity index (χ0v) is 12.8. The Morgan fingerprint density at radius 1 is 1.45 bits per heavy atom. The minimum absolute atomic E-state index is 0.207. The van der Waals surface area contributed by atoms with Crippen LogP contribution in [0, 0.1) is 0 Å². The van der Waals surface area contributed by atoms with Crippen LogP contribution in [0.3, 0.4) is 0 Å². The van der Waals surface area contributed by atoms with E-state index in [9.17, 15) is 9.90 Å². The van der Waals surface area contributed by atoms with Gasteiger partial charge in [0.1, 0.15) is 11.4 Å². The minimum atomic E-state index is -0.584. The van der Waals surface area contributed by atoms with E-state index in [1.807, 2.05) is 6.92 Å². The van der Waals surface area contributed by atoms with Gasteiger partial charge in [-0.05, 0) is 32.1 Å². The SMILES string of the molecule is C=C(CC)Nc1nc(N[C@H]2CC[C@H](O)CC2)ncc1C(N)=O. The Labute approximate surface area is 130 Å². The van der Waals surface area contributed by atoms with Crippen LogP contribution in [-0.2, 0) is 0 Å². The first-order chi connectivity index (χ1) is 10.5. The van der Waals surface area contributed by atoms with Gasteiger partial charge in [-0.2, -0.15) is 4.98 Å². The number of carbonyl (C=O) groups is 1. The number of amides is 1. The van der Waals surface area contributed by atoms with Gasteiger partial charge in [-0.1, -0.05) is 13.5 Å². The van der Waals surface area contributed by atoms with Gasteiger partial charge in [-0.15, -0.1) is 0 Å². The van der Waals surface area contributed by atoms with E-state index in [2.05, 4.69) is 27.2 Å². The van der Waals surface area contributed by atoms with Gasteiger partial charge in [-0.25, -0.2) is 4.98 Å². The van der Waals surface area contributed by atoms with Crippen molar-refractivity contribution in [2.45, 2.75) is 51.2 Å². The smallest absolute Gasteiger partial charge is 0.254 e. The number of aromatic nitrogens is 2. The third kappa shape index (κ3) is 4.17. The number of aliphatic hydroxyl groups is 1. The Hall–Kier alpha value is -2.15. The summed E-state index contributed by atoms with van der Waals surface area (Å²) in [5.74, 6) is 0.226. The molecule has 1 aliphatic rings. The van der Waals surface area contributed by atoms with Gasteiger partial charge in [0, 0.05) is 17.9 Å². The molecule has 1 amide bonds. The minimum Gasteiger partial charge on any atom is -0.393 e. The maximum absolute atomic E-state index is 11.5. The first-order valence-electron chi connectivity index (χ1n) is 7.55. The molecule has 0 spiro atoms. The van der Waals surface area contributed by atoms with Crippen LogP contribution in [0.2, 0.25) is 0 Å². The van der Waals surface area contributed by atoms with Crippen molar-refractivity contribution in [2.75, 3.05) is 10.6 Å². The highest BCUT2D eigenvalue weighted by Gasteiger charge is 2.20. The molecule has 1 aromatic rings. The highest BCUT2D eigenvalue weighted by molar-refractivity contribution is 5.97. The van der Waals surface area contributed by atoms with Crippen LogP contribution in [0.1, 0.15) is 49.4 Å². The van der Waals surface area contributed by atoms with Gasteiger partial charge in [0.25, 0.3) is 5.91 Å². The van der Waals surface area contributed by atoms with Gasteiger partial charge in [0.05, 0.1) is 6.10 Å². The number of nitrogens with zero attached hydrogens (tertiary/aromatic N) is 2. The van der Waals surface area contributed by atoms with Gasteiger partial charge in [-0.3, -0.25) is 4.79 Å².